The van der Waals surface area contributed by atoms with E-state index in [0.717, 1.165) is 25.7 Å². The van der Waals surface area contributed by atoms with Gasteiger partial charge in [0.2, 0.25) is 0 Å². The van der Waals surface area contributed by atoms with Gasteiger partial charge in [-0.3, -0.25) is 4.79 Å². The average molecular weight is 326 g/mol. The molecule has 3 fully saturated rings. The molecule has 0 aromatic carbocycles. The number of aliphatic hydroxyl groups excluding tert-OH is 2. The zero-order chi connectivity index (χ0) is 16.7. The molecule has 0 amide bonds. The summed E-state index contributed by atoms with van der Waals surface area (Å²) in [7, 11) is 0. The molecular formula is C21H26O3. The molecule has 7 atom stereocenters. The molecule has 24 heavy (non-hydrogen) atoms. The minimum absolute atomic E-state index is 0.0991. The molecule has 0 aliphatic heterocycles. The number of hydrogen-bond donors (Lipinski definition) is 2. The van der Waals surface area contributed by atoms with Gasteiger partial charge in [0, 0.05) is 17.3 Å². The Bertz CT molecular complexity index is 702. The van der Waals surface area contributed by atoms with Gasteiger partial charge in [0.25, 0.3) is 0 Å². The molecule has 5 rings (SSSR count). The number of carbonyl (C=O) groups excluding carboxylic acids is 1. The van der Waals surface area contributed by atoms with Crippen molar-refractivity contribution in [3.8, 4) is 0 Å². The van der Waals surface area contributed by atoms with Crippen molar-refractivity contribution < 1.29 is 15.0 Å². The van der Waals surface area contributed by atoms with Crippen molar-refractivity contribution in [3.05, 3.63) is 35.5 Å². The third-order valence-corrected chi connectivity index (χ3v) is 8.22. The lowest BCUT2D eigenvalue weighted by Crippen LogP contribution is -2.60. The monoisotopic (exact) mass is 326 g/mol. The van der Waals surface area contributed by atoms with Gasteiger partial charge >= 0.3 is 0 Å². The Morgan fingerprint density at radius 2 is 2.17 bits per heavy atom. The highest BCUT2D eigenvalue weighted by Gasteiger charge is 2.67. The fourth-order valence-corrected chi connectivity index (χ4v) is 7.44. The van der Waals surface area contributed by atoms with Crippen LogP contribution in [0.15, 0.2) is 35.5 Å². The lowest BCUT2D eigenvalue weighted by Gasteiger charge is -2.63. The van der Waals surface area contributed by atoms with Crippen LogP contribution in [0.25, 0.3) is 0 Å². The first-order valence-corrected chi connectivity index (χ1v) is 9.43. The highest BCUT2D eigenvalue weighted by atomic mass is 16.3. The molecular weight excluding hydrogens is 300 g/mol. The van der Waals surface area contributed by atoms with Crippen LogP contribution in [-0.4, -0.2) is 28.7 Å². The molecule has 0 aromatic heterocycles. The minimum atomic E-state index is -0.324. The van der Waals surface area contributed by atoms with Gasteiger partial charge < -0.3 is 10.2 Å². The first-order valence-electron chi connectivity index (χ1n) is 9.43. The second-order valence-electron chi connectivity index (χ2n) is 8.98. The van der Waals surface area contributed by atoms with Crippen LogP contribution < -0.4 is 0 Å². The van der Waals surface area contributed by atoms with Crippen LogP contribution in [0.3, 0.4) is 0 Å². The van der Waals surface area contributed by atoms with Crippen LogP contribution in [-0.2, 0) is 4.79 Å². The first-order chi connectivity index (χ1) is 11.5. The van der Waals surface area contributed by atoms with E-state index in [4.69, 9.17) is 0 Å². The van der Waals surface area contributed by atoms with E-state index >= 15 is 0 Å². The van der Waals surface area contributed by atoms with Gasteiger partial charge in [-0.2, -0.15) is 0 Å². The van der Waals surface area contributed by atoms with E-state index in [0.29, 0.717) is 11.8 Å². The van der Waals surface area contributed by atoms with Crippen molar-refractivity contribution >= 4 is 5.78 Å². The largest absolute Gasteiger partial charge is 0.393 e. The van der Waals surface area contributed by atoms with E-state index in [2.05, 4.69) is 19.1 Å². The molecule has 128 valence electrons. The summed E-state index contributed by atoms with van der Waals surface area (Å²) in [5.41, 5.74) is 2.68. The number of allylic oxidation sites excluding steroid dienone is 5. The van der Waals surface area contributed by atoms with E-state index < -0.39 is 0 Å². The van der Waals surface area contributed by atoms with E-state index in [9.17, 15) is 15.0 Å². The molecule has 3 saturated carbocycles. The molecule has 1 spiro atoms. The fraction of sp³-hybridized carbons (Fsp3) is 0.667. The van der Waals surface area contributed by atoms with Crippen molar-refractivity contribution in [2.45, 2.75) is 45.1 Å². The SMILES string of the molecule is CC12CCC3=CC(=O)C=CC3C1C(O)CC13C=C(CO)C1CCC23. The lowest BCUT2D eigenvalue weighted by atomic mass is 9.41. The zero-order valence-corrected chi connectivity index (χ0v) is 14.2. The van der Waals surface area contributed by atoms with Gasteiger partial charge in [-0.15, -0.1) is 0 Å². The molecule has 5 aliphatic carbocycles. The second kappa shape index (κ2) is 4.70. The maximum Gasteiger partial charge on any atom is 0.178 e. The Morgan fingerprint density at radius 1 is 1.33 bits per heavy atom. The van der Waals surface area contributed by atoms with Crippen molar-refractivity contribution in [3.63, 3.8) is 0 Å². The van der Waals surface area contributed by atoms with Crippen LogP contribution in [0.1, 0.15) is 39.0 Å². The summed E-state index contributed by atoms with van der Waals surface area (Å²) in [6.07, 6.45) is 12.8. The Balaban J connectivity index is 1.57. The quantitative estimate of drug-likeness (QED) is 0.729. The molecule has 5 aliphatic rings. The van der Waals surface area contributed by atoms with Crippen LogP contribution in [0.4, 0.5) is 0 Å². The van der Waals surface area contributed by atoms with Crippen LogP contribution >= 0.6 is 0 Å². The van der Waals surface area contributed by atoms with Crippen molar-refractivity contribution in [2.75, 3.05) is 6.61 Å². The number of rotatable bonds is 1. The van der Waals surface area contributed by atoms with Gasteiger partial charge in [-0.25, -0.2) is 0 Å². The summed E-state index contributed by atoms with van der Waals surface area (Å²) >= 11 is 0. The smallest absolute Gasteiger partial charge is 0.178 e. The van der Waals surface area contributed by atoms with Crippen LogP contribution in [0, 0.1) is 34.5 Å². The number of hydrogen-bond acceptors (Lipinski definition) is 3. The number of carbonyl (C=O) groups is 1. The lowest BCUT2D eigenvalue weighted by molar-refractivity contribution is -0.141. The normalized spacial score (nSPS) is 51.6. The minimum Gasteiger partial charge on any atom is -0.393 e. The van der Waals surface area contributed by atoms with Crippen molar-refractivity contribution in [2.24, 2.45) is 34.5 Å². The predicted octanol–water partition coefficient (Wildman–Crippen LogP) is 2.79. The van der Waals surface area contributed by atoms with Gasteiger partial charge in [0.15, 0.2) is 5.78 Å². The van der Waals surface area contributed by atoms with E-state index in [1.807, 2.05) is 6.08 Å². The molecule has 0 radical (unpaired) electrons. The number of fused-ring (bicyclic) bond motifs is 4. The summed E-state index contributed by atoms with van der Waals surface area (Å²) in [6, 6.07) is 0. The predicted molar refractivity (Wildman–Crippen MR) is 91.0 cm³/mol. The number of aliphatic hydroxyl groups is 2. The standard InChI is InChI=1S/C21H26O3/c1-20-7-6-12-8-14(23)2-3-15(12)19(20)17(24)10-21-9-13(11-22)16(21)4-5-18(20)21/h2-3,8-9,15-19,22,24H,4-7,10-11H2,1H3. The third kappa shape index (κ3) is 1.63. The molecule has 0 aromatic rings. The Morgan fingerprint density at radius 3 is 2.96 bits per heavy atom. The Hall–Kier alpha value is -1.19. The number of ketones is 1. The maximum atomic E-state index is 11.7. The Labute approximate surface area is 143 Å². The summed E-state index contributed by atoms with van der Waals surface area (Å²) in [4.78, 5) is 11.7. The van der Waals surface area contributed by atoms with E-state index in [1.165, 1.54) is 17.6 Å². The van der Waals surface area contributed by atoms with Gasteiger partial charge in [0.1, 0.15) is 0 Å². The first kappa shape index (κ1) is 15.1. The summed E-state index contributed by atoms with van der Waals surface area (Å²) < 4.78 is 0. The molecule has 7 unspecified atom stereocenters. The second-order valence-corrected chi connectivity index (χ2v) is 8.98. The summed E-state index contributed by atoms with van der Waals surface area (Å²) in [6.45, 7) is 2.57. The molecule has 3 heteroatoms. The van der Waals surface area contributed by atoms with Crippen LogP contribution in [0.2, 0.25) is 0 Å². The molecule has 3 nitrogen and oxygen atoms in total. The summed E-state index contributed by atoms with van der Waals surface area (Å²) in [5.74, 6) is 1.64. The van der Waals surface area contributed by atoms with Gasteiger partial charge in [-0.1, -0.05) is 24.6 Å². The van der Waals surface area contributed by atoms with Crippen molar-refractivity contribution in [1.29, 1.82) is 0 Å². The van der Waals surface area contributed by atoms with Crippen molar-refractivity contribution in [1.82, 2.24) is 0 Å². The van der Waals surface area contributed by atoms with Gasteiger partial charge in [-0.05, 0) is 67.1 Å². The molecule has 0 heterocycles. The molecule has 2 N–H and O–H groups in total. The van der Waals surface area contributed by atoms with E-state index in [1.54, 1.807) is 6.08 Å². The topological polar surface area (TPSA) is 57.5 Å². The third-order valence-electron chi connectivity index (χ3n) is 8.22. The Kier molecular flexibility index (Phi) is 2.96. The maximum absolute atomic E-state index is 11.7. The average Bonchev–Trinajstić information content (AvgIpc) is 2.82. The summed E-state index contributed by atoms with van der Waals surface area (Å²) in [5, 5.41) is 20.7. The van der Waals surface area contributed by atoms with Gasteiger partial charge in [0.05, 0.1) is 12.7 Å². The fourth-order valence-electron chi connectivity index (χ4n) is 7.44. The highest BCUT2D eigenvalue weighted by Crippen LogP contribution is 2.73. The zero-order valence-electron chi connectivity index (χ0n) is 14.2. The van der Waals surface area contributed by atoms with Crippen LogP contribution in [0.5, 0.6) is 0 Å². The molecule has 0 saturated heterocycles. The molecule has 0 bridgehead atoms. The highest BCUT2D eigenvalue weighted by molar-refractivity contribution is 6.00. The van der Waals surface area contributed by atoms with E-state index in [-0.39, 0.29) is 41.2 Å².